The molecule has 0 aromatic carbocycles. The van der Waals surface area contributed by atoms with E-state index >= 15 is 0 Å². The van der Waals surface area contributed by atoms with E-state index in [9.17, 15) is 9.59 Å². The van der Waals surface area contributed by atoms with E-state index in [1.54, 1.807) is 0 Å². The molecule has 0 radical (unpaired) electrons. The first-order valence-electron chi connectivity index (χ1n) is 3.33. The number of rotatable bonds is 3. The highest BCUT2D eigenvalue weighted by Gasteiger charge is 1.82. The van der Waals surface area contributed by atoms with Crippen molar-refractivity contribution in [2.75, 3.05) is 24.7 Å². The Hall–Kier alpha value is -0.375. The molecule has 0 saturated carbocycles. The molecule has 0 rings (SSSR count). The summed E-state index contributed by atoms with van der Waals surface area (Å²) in [7, 11) is 0. The maximum absolute atomic E-state index is 9.29. The molecule has 0 aliphatic carbocycles. The minimum atomic E-state index is -0.881. The average molecular weight is 260 g/mol. The monoisotopic (exact) mass is 260 g/mol. The molecule has 0 aliphatic rings. The van der Waals surface area contributed by atoms with Crippen molar-refractivity contribution in [2.45, 2.75) is 0 Å². The van der Waals surface area contributed by atoms with Gasteiger partial charge in [0.25, 0.3) is 0 Å². The van der Waals surface area contributed by atoms with E-state index < -0.39 is 11.9 Å². The van der Waals surface area contributed by atoms with Gasteiger partial charge in [0.15, 0.2) is 0 Å². The third kappa shape index (κ3) is 86.1. The van der Waals surface area contributed by atoms with Crippen LogP contribution >= 0.6 is 25.3 Å². The van der Waals surface area contributed by atoms with Gasteiger partial charge in [-0.25, -0.2) is 0 Å². The molecule has 0 atom stereocenters. The van der Waals surface area contributed by atoms with Crippen molar-refractivity contribution in [3.05, 3.63) is 0 Å². The first-order chi connectivity index (χ1) is 6.45. The molecule has 0 heterocycles. The van der Waals surface area contributed by atoms with E-state index in [4.69, 9.17) is 20.4 Å². The summed E-state index contributed by atoms with van der Waals surface area (Å²) in [6.45, 7) is -0.250. The lowest BCUT2D eigenvalue weighted by Crippen LogP contribution is -1.92. The maximum atomic E-state index is 9.29. The van der Waals surface area contributed by atoms with Gasteiger partial charge in [-0.1, -0.05) is 0 Å². The number of carbonyl (C=O) groups is 2. The summed E-state index contributed by atoms with van der Waals surface area (Å²) >= 11 is 6.83. The van der Waals surface area contributed by atoms with Gasteiger partial charge in [-0.05, 0) is 0 Å². The number of aliphatic hydroxyl groups is 2. The lowest BCUT2D eigenvalue weighted by molar-refractivity contribution is -0.134. The van der Waals surface area contributed by atoms with E-state index in [0.29, 0.717) is 0 Å². The van der Waals surface area contributed by atoms with Gasteiger partial charge in [-0.15, -0.1) is 0 Å². The Morgan fingerprint density at radius 1 is 0.867 bits per heavy atom. The lowest BCUT2D eigenvalue weighted by atomic mass is 10.8. The van der Waals surface area contributed by atoms with Gasteiger partial charge in [-0.2, -0.15) is 25.3 Å². The van der Waals surface area contributed by atoms with Crippen LogP contribution in [0.4, 0.5) is 0 Å². The second-order valence-electron chi connectivity index (χ2n) is 1.55. The fourth-order valence-corrected chi connectivity index (χ4v) is 0. The smallest absolute Gasteiger partial charge is 0.313 e. The fraction of sp³-hybridized carbons (Fsp3) is 0.667. The topological polar surface area (TPSA) is 115 Å². The molecule has 0 unspecified atom stereocenters. The summed E-state index contributed by atoms with van der Waals surface area (Å²) in [5.74, 6) is -1.93. The van der Waals surface area contributed by atoms with Crippen LogP contribution in [0.1, 0.15) is 0 Å². The summed E-state index contributed by atoms with van der Waals surface area (Å²) in [6.07, 6.45) is 0. The second-order valence-corrected chi connectivity index (χ2v) is 2.18. The number of aliphatic carboxylic acids is 2. The molecule has 0 saturated heterocycles. The first kappa shape index (κ1) is 24.0. The molecule has 0 fully saturated rings. The van der Waals surface area contributed by atoms with E-state index in [1.165, 1.54) is 0 Å². The van der Waals surface area contributed by atoms with Gasteiger partial charge < -0.3 is 20.4 Å². The molecule has 92 valence electrons. The Kier molecular flexibility index (Phi) is 37.6. The van der Waals surface area contributed by atoms with Crippen LogP contribution in [0.3, 0.4) is 0 Å². The van der Waals surface area contributed by atoms with Crippen molar-refractivity contribution in [1.29, 1.82) is 0 Å². The van der Waals surface area contributed by atoms with Crippen LogP contribution in [0, 0.1) is 0 Å². The van der Waals surface area contributed by atoms with Crippen LogP contribution in [0.5, 0.6) is 0 Å². The predicted molar refractivity (Wildman–Crippen MR) is 67.1 cm³/mol. The van der Waals surface area contributed by atoms with Gasteiger partial charge in [0.1, 0.15) is 0 Å². The quantitative estimate of drug-likeness (QED) is 0.253. The Morgan fingerprint density at radius 3 is 1.00 bits per heavy atom. The molecule has 9 heteroatoms. The molecule has 4 N–H and O–H groups in total. The molecule has 0 aromatic rings. The van der Waals surface area contributed by atoms with Crippen molar-refractivity contribution in [3.8, 4) is 0 Å². The normalized spacial score (nSPS) is 6.93. The molecule has 0 bridgehead atoms. The van der Waals surface area contributed by atoms with Crippen LogP contribution in [-0.2, 0) is 9.59 Å². The molecular weight excluding hydrogens is 243 g/mol. The number of carboxylic acids is 2. The zero-order valence-corrected chi connectivity index (χ0v) is 9.12. The van der Waals surface area contributed by atoms with Crippen LogP contribution in [0.25, 0.3) is 0 Å². The van der Waals surface area contributed by atoms with E-state index in [1.807, 2.05) is 0 Å². The maximum Gasteiger partial charge on any atom is 0.313 e. The molecule has 0 aliphatic heterocycles. The van der Waals surface area contributed by atoms with Crippen molar-refractivity contribution < 1.29 is 30.0 Å². The number of thiol groups is 2. The number of carboxylic acid groups (broad SMARTS) is 2. The minimum absolute atomic E-state index is 0. The molecule has 6 nitrogen and oxygen atoms in total. The van der Waals surface area contributed by atoms with E-state index in [0.717, 1.165) is 0 Å². The Morgan fingerprint density at radius 2 is 1.00 bits per heavy atom. The van der Waals surface area contributed by atoms with Crippen molar-refractivity contribution in [2.24, 2.45) is 0 Å². The highest BCUT2D eigenvalue weighted by atomic mass is 32.1. The predicted octanol–water partition coefficient (Wildman–Crippen LogP) is -2.21. The van der Waals surface area contributed by atoms with Gasteiger partial charge in [0.2, 0.25) is 0 Å². The van der Waals surface area contributed by atoms with Crippen LogP contribution in [-0.4, -0.2) is 65.5 Å². The summed E-state index contributed by atoms with van der Waals surface area (Å²) in [5.41, 5.74) is 0. The Labute approximate surface area is 101 Å². The lowest BCUT2D eigenvalue weighted by Gasteiger charge is -1.71. The van der Waals surface area contributed by atoms with Crippen molar-refractivity contribution in [3.63, 3.8) is 0 Å². The van der Waals surface area contributed by atoms with E-state index in [-0.39, 0.29) is 33.1 Å². The second kappa shape index (κ2) is 23.4. The molecule has 0 aromatic heterocycles. The molecule has 0 spiro atoms. The number of hydrogen-bond acceptors (Lipinski definition) is 6. The molecular formula is C6H17BO6S2. The average Bonchev–Trinajstić information content (AvgIpc) is 2.19. The summed E-state index contributed by atoms with van der Waals surface area (Å²) in [5, 5.41) is 30.5. The van der Waals surface area contributed by atoms with Gasteiger partial charge in [-0.3, -0.25) is 9.59 Å². The molecule has 15 heavy (non-hydrogen) atoms. The third-order valence-electron chi connectivity index (χ3n) is 0.371. The van der Waals surface area contributed by atoms with Gasteiger partial charge >= 0.3 is 11.9 Å². The first-order valence-corrected chi connectivity index (χ1v) is 4.59. The summed E-state index contributed by atoms with van der Waals surface area (Å²) in [4.78, 5) is 18.6. The zero-order valence-electron chi connectivity index (χ0n) is 7.33. The van der Waals surface area contributed by atoms with Crippen molar-refractivity contribution in [1.82, 2.24) is 0 Å². The number of hydrogen-bond donors (Lipinski definition) is 6. The van der Waals surface area contributed by atoms with Crippen molar-refractivity contribution >= 4 is 45.6 Å². The van der Waals surface area contributed by atoms with Crippen LogP contribution in [0.15, 0.2) is 0 Å². The minimum Gasteiger partial charge on any atom is -0.481 e. The standard InChI is InChI=1S/2C2H4O2S.C2H6O2.BH3/c2*3-2(4)1-5;3-1-2-4;/h2*5H,1H2,(H,3,4);3-4H,1-2H2;1H3. The summed E-state index contributed by atoms with van der Waals surface area (Å²) < 4.78 is 0. The Balaban J connectivity index is -0.0000000590. The summed E-state index contributed by atoms with van der Waals surface area (Å²) in [6, 6.07) is 0. The van der Waals surface area contributed by atoms with Crippen LogP contribution in [0.2, 0.25) is 0 Å². The van der Waals surface area contributed by atoms with Gasteiger partial charge in [0.05, 0.1) is 33.1 Å². The highest BCUT2D eigenvalue weighted by Crippen LogP contribution is 1.66. The van der Waals surface area contributed by atoms with E-state index in [2.05, 4.69) is 25.3 Å². The van der Waals surface area contributed by atoms with Gasteiger partial charge in [0, 0.05) is 0 Å². The largest absolute Gasteiger partial charge is 0.481 e. The zero-order chi connectivity index (χ0) is 12.0. The Bertz CT molecular complexity index is 130. The SMILES string of the molecule is B.O=C(O)CS.O=C(O)CS.OCCO. The third-order valence-corrected chi connectivity index (χ3v) is 0.912. The fourth-order valence-electron chi connectivity index (χ4n) is 0. The highest BCUT2D eigenvalue weighted by molar-refractivity contribution is 7.81. The number of aliphatic hydroxyl groups excluding tert-OH is 2. The molecule has 0 amide bonds. The van der Waals surface area contributed by atoms with Crippen LogP contribution < -0.4 is 0 Å².